The largest absolute Gasteiger partial charge is 0.493 e. The van der Waals surface area contributed by atoms with Gasteiger partial charge in [-0.2, -0.15) is 0 Å². The summed E-state index contributed by atoms with van der Waals surface area (Å²) in [6.45, 7) is 4.55. The van der Waals surface area contributed by atoms with Crippen LogP contribution in [0.5, 0.6) is 11.5 Å². The maximum absolute atomic E-state index is 12.1. The Morgan fingerprint density at radius 2 is 2.08 bits per heavy atom. The van der Waals surface area contributed by atoms with Gasteiger partial charge < -0.3 is 14.2 Å². The number of ether oxygens (including phenoxy) is 3. The number of aromatic nitrogens is 1. The summed E-state index contributed by atoms with van der Waals surface area (Å²) in [5.41, 5.74) is 2.09. The van der Waals surface area contributed by atoms with E-state index in [2.05, 4.69) is 4.98 Å². The second kappa shape index (κ2) is 8.49. The van der Waals surface area contributed by atoms with Gasteiger partial charge in [-0.05, 0) is 37.1 Å². The van der Waals surface area contributed by atoms with Crippen LogP contribution in [0.1, 0.15) is 29.6 Å². The molecule has 0 spiro atoms. The van der Waals surface area contributed by atoms with Crippen LogP contribution in [0.15, 0.2) is 23.6 Å². The van der Waals surface area contributed by atoms with Crippen LogP contribution < -0.4 is 9.47 Å². The Hall–Kier alpha value is -2.34. The number of rotatable bonds is 7. The molecule has 0 unspecified atom stereocenters. The number of benzene rings is 1. The lowest BCUT2D eigenvalue weighted by atomic mass is 10.1. The van der Waals surface area contributed by atoms with Crippen molar-refractivity contribution in [2.75, 3.05) is 20.8 Å². The Morgan fingerprint density at radius 3 is 2.67 bits per heavy atom. The van der Waals surface area contributed by atoms with Crippen LogP contribution in [0.3, 0.4) is 0 Å². The Bertz CT molecular complexity index is 736. The summed E-state index contributed by atoms with van der Waals surface area (Å²) in [6, 6.07) is 5.54. The molecule has 0 saturated carbocycles. The van der Waals surface area contributed by atoms with Gasteiger partial charge in [-0.3, -0.25) is 0 Å². The van der Waals surface area contributed by atoms with Crippen LogP contribution in [0.4, 0.5) is 0 Å². The minimum absolute atomic E-state index is 0.417. The highest BCUT2D eigenvalue weighted by Gasteiger charge is 2.16. The average molecular weight is 347 g/mol. The maximum atomic E-state index is 12.1. The van der Waals surface area contributed by atoms with Gasteiger partial charge in [-0.25, -0.2) is 9.78 Å². The molecule has 24 heavy (non-hydrogen) atoms. The molecule has 0 aliphatic rings. The van der Waals surface area contributed by atoms with Gasteiger partial charge in [0.15, 0.2) is 11.5 Å². The van der Waals surface area contributed by atoms with E-state index in [1.807, 2.05) is 37.4 Å². The highest BCUT2D eigenvalue weighted by Crippen LogP contribution is 2.30. The topological polar surface area (TPSA) is 57.7 Å². The molecule has 0 bridgehead atoms. The highest BCUT2D eigenvalue weighted by molar-refractivity contribution is 7.11. The van der Waals surface area contributed by atoms with Crippen molar-refractivity contribution in [3.8, 4) is 11.5 Å². The molecule has 1 aromatic heterocycles. The number of aryl methyl sites for hydroxylation is 1. The van der Waals surface area contributed by atoms with E-state index in [9.17, 15) is 4.79 Å². The second-order valence-electron chi connectivity index (χ2n) is 5.10. The molecule has 0 radical (unpaired) electrons. The number of nitrogens with zero attached hydrogens (tertiary/aromatic N) is 1. The fourth-order valence-corrected chi connectivity index (χ4v) is 2.87. The summed E-state index contributed by atoms with van der Waals surface area (Å²) in [6.07, 6.45) is 2.66. The van der Waals surface area contributed by atoms with Crippen molar-refractivity contribution >= 4 is 29.0 Å². The second-order valence-corrected chi connectivity index (χ2v) is 5.96. The average Bonchev–Trinajstić information content (AvgIpc) is 3.03. The van der Waals surface area contributed by atoms with Crippen LogP contribution in [0.25, 0.3) is 11.6 Å². The molecular formula is C18H21NO4S. The van der Waals surface area contributed by atoms with Crippen LogP contribution in [-0.2, 0) is 9.53 Å². The number of hydrogen-bond donors (Lipinski definition) is 0. The lowest BCUT2D eigenvalue weighted by Gasteiger charge is -2.11. The molecule has 0 amide bonds. The third kappa shape index (κ3) is 4.35. The van der Waals surface area contributed by atoms with E-state index < -0.39 is 5.97 Å². The van der Waals surface area contributed by atoms with Crippen LogP contribution in [0.2, 0.25) is 0 Å². The lowest BCUT2D eigenvalue weighted by Crippen LogP contribution is -2.04. The molecular weight excluding hydrogens is 326 g/mol. The van der Waals surface area contributed by atoms with Gasteiger partial charge in [0.2, 0.25) is 0 Å². The first-order valence-corrected chi connectivity index (χ1v) is 8.50. The van der Waals surface area contributed by atoms with E-state index in [4.69, 9.17) is 14.2 Å². The SMILES string of the molecule is CCCOc1ccc(/C=C(\C(=O)OC)c2nc(C)cs2)cc1OC. The number of hydrogen-bond acceptors (Lipinski definition) is 6. The molecule has 5 nitrogen and oxygen atoms in total. The molecule has 128 valence electrons. The van der Waals surface area contributed by atoms with E-state index in [1.165, 1.54) is 18.4 Å². The Kier molecular flexibility index (Phi) is 6.37. The van der Waals surface area contributed by atoms with Crippen molar-refractivity contribution in [1.29, 1.82) is 0 Å². The molecule has 2 rings (SSSR count). The zero-order valence-electron chi connectivity index (χ0n) is 14.3. The van der Waals surface area contributed by atoms with Crippen LogP contribution in [0, 0.1) is 6.92 Å². The molecule has 2 aromatic rings. The summed E-state index contributed by atoms with van der Waals surface area (Å²) < 4.78 is 15.9. The predicted molar refractivity (Wildman–Crippen MR) is 95.5 cm³/mol. The summed E-state index contributed by atoms with van der Waals surface area (Å²) in [5, 5.41) is 2.53. The van der Waals surface area contributed by atoms with Crippen molar-refractivity contribution in [3.05, 3.63) is 39.8 Å². The minimum Gasteiger partial charge on any atom is -0.493 e. The van der Waals surface area contributed by atoms with Gasteiger partial charge in [0.1, 0.15) is 5.01 Å². The van der Waals surface area contributed by atoms with Gasteiger partial charge in [0, 0.05) is 11.1 Å². The zero-order valence-corrected chi connectivity index (χ0v) is 15.1. The first kappa shape index (κ1) is 18.0. The van der Waals surface area contributed by atoms with Crippen molar-refractivity contribution in [2.45, 2.75) is 20.3 Å². The van der Waals surface area contributed by atoms with Crippen molar-refractivity contribution in [2.24, 2.45) is 0 Å². The number of carbonyl (C=O) groups excluding carboxylic acids is 1. The fraction of sp³-hybridized carbons (Fsp3) is 0.333. The van der Waals surface area contributed by atoms with E-state index in [1.54, 1.807) is 13.2 Å². The smallest absolute Gasteiger partial charge is 0.340 e. The number of thiazole rings is 1. The highest BCUT2D eigenvalue weighted by atomic mass is 32.1. The summed E-state index contributed by atoms with van der Waals surface area (Å²) in [5.74, 6) is 0.882. The standard InChI is InChI=1S/C18H21NO4S/c1-5-8-23-15-7-6-13(10-16(15)21-3)9-14(18(20)22-4)17-19-12(2)11-24-17/h6-7,9-11H,5,8H2,1-4H3/b14-9-. The van der Waals surface area contributed by atoms with Gasteiger partial charge in [0.25, 0.3) is 0 Å². The normalized spacial score (nSPS) is 11.2. The molecule has 0 saturated heterocycles. The third-order valence-electron chi connectivity index (χ3n) is 3.22. The molecule has 0 aliphatic heterocycles. The molecule has 1 aromatic carbocycles. The third-order valence-corrected chi connectivity index (χ3v) is 4.21. The number of methoxy groups -OCH3 is 2. The van der Waals surface area contributed by atoms with E-state index >= 15 is 0 Å². The Balaban J connectivity index is 2.39. The van der Waals surface area contributed by atoms with E-state index in [-0.39, 0.29) is 0 Å². The minimum atomic E-state index is -0.422. The number of esters is 1. The number of carbonyl (C=O) groups is 1. The van der Waals surface area contributed by atoms with Gasteiger partial charge >= 0.3 is 5.97 Å². The van der Waals surface area contributed by atoms with Gasteiger partial charge in [-0.15, -0.1) is 11.3 Å². The molecule has 0 N–H and O–H groups in total. The van der Waals surface area contributed by atoms with Gasteiger partial charge in [-0.1, -0.05) is 13.0 Å². The van der Waals surface area contributed by atoms with Crippen LogP contribution >= 0.6 is 11.3 Å². The van der Waals surface area contributed by atoms with Gasteiger partial charge in [0.05, 0.1) is 26.4 Å². The molecule has 0 atom stereocenters. The molecule has 1 heterocycles. The monoisotopic (exact) mass is 347 g/mol. The first-order valence-electron chi connectivity index (χ1n) is 7.62. The quantitative estimate of drug-likeness (QED) is 0.560. The van der Waals surface area contributed by atoms with Crippen LogP contribution in [-0.4, -0.2) is 31.8 Å². The maximum Gasteiger partial charge on any atom is 0.340 e. The summed E-state index contributed by atoms with van der Waals surface area (Å²) >= 11 is 1.41. The first-order chi connectivity index (χ1) is 11.6. The van der Waals surface area contributed by atoms with Crippen molar-refractivity contribution in [1.82, 2.24) is 4.98 Å². The summed E-state index contributed by atoms with van der Waals surface area (Å²) in [4.78, 5) is 16.5. The van der Waals surface area contributed by atoms with E-state index in [0.29, 0.717) is 28.7 Å². The molecule has 0 fully saturated rings. The van der Waals surface area contributed by atoms with E-state index in [0.717, 1.165) is 17.7 Å². The Labute approximate surface area is 145 Å². The van der Waals surface area contributed by atoms with Crippen molar-refractivity contribution < 1.29 is 19.0 Å². The molecule has 0 aliphatic carbocycles. The summed E-state index contributed by atoms with van der Waals surface area (Å²) in [7, 11) is 2.95. The molecule has 6 heteroatoms. The zero-order chi connectivity index (χ0) is 17.5. The Morgan fingerprint density at radius 1 is 1.29 bits per heavy atom. The predicted octanol–water partition coefficient (Wildman–Crippen LogP) is 3.96. The van der Waals surface area contributed by atoms with Crippen molar-refractivity contribution in [3.63, 3.8) is 0 Å². The fourth-order valence-electron chi connectivity index (χ4n) is 2.07. The lowest BCUT2D eigenvalue weighted by molar-refractivity contribution is -0.133.